The van der Waals surface area contributed by atoms with Gasteiger partial charge >= 0.3 is 5.97 Å². The fraction of sp³-hybridized carbons (Fsp3) is 0.500. The molecule has 2 heterocycles. The number of aliphatic hydroxyl groups is 1. The van der Waals surface area contributed by atoms with Crippen LogP contribution in [0.15, 0.2) is 17.2 Å². The number of H-pyrrole nitrogens is 1. The Morgan fingerprint density at radius 2 is 2.17 bits per heavy atom. The molecule has 7 nitrogen and oxygen atoms in total. The Morgan fingerprint density at radius 1 is 1.56 bits per heavy atom. The molecule has 0 aromatic carbocycles. The summed E-state index contributed by atoms with van der Waals surface area (Å²) < 4.78 is 25.2. The third kappa shape index (κ3) is 2.02. The second-order valence-corrected chi connectivity index (χ2v) is 6.34. The number of aromatic amines is 1. The van der Waals surface area contributed by atoms with E-state index in [4.69, 9.17) is 5.11 Å². The van der Waals surface area contributed by atoms with Crippen LogP contribution in [0.5, 0.6) is 0 Å². The Balaban J connectivity index is 2.20. The number of hydrogen-bond donors (Lipinski definition) is 3. The normalized spacial score (nSPS) is 19.4. The molecule has 1 fully saturated rings. The first-order valence-electron chi connectivity index (χ1n) is 5.43. The molecule has 1 aliphatic rings. The molecule has 2 rings (SSSR count). The van der Waals surface area contributed by atoms with Crippen molar-refractivity contribution in [1.82, 2.24) is 9.29 Å². The van der Waals surface area contributed by atoms with Crippen LogP contribution in [0, 0.1) is 0 Å². The maximum atomic E-state index is 12.1. The van der Waals surface area contributed by atoms with Crippen LogP contribution in [0.25, 0.3) is 0 Å². The smallest absolute Gasteiger partial charge is 0.352 e. The molecule has 1 aliphatic heterocycles. The molecule has 0 atom stereocenters. The number of aromatic nitrogens is 1. The van der Waals surface area contributed by atoms with Crippen molar-refractivity contribution in [1.29, 1.82) is 0 Å². The maximum absolute atomic E-state index is 12.1. The summed E-state index contributed by atoms with van der Waals surface area (Å²) in [5.41, 5.74) is -1.14. The third-order valence-electron chi connectivity index (χ3n) is 3.12. The topological polar surface area (TPSA) is 111 Å². The number of carbonyl (C=O) groups is 1. The Hall–Kier alpha value is -1.38. The lowest BCUT2D eigenvalue weighted by Crippen LogP contribution is -2.62. The highest BCUT2D eigenvalue weighted by molar-refractivity contribution is 7.89. The Labute approximate surface area is 104 Å². The number of nitrogens with one attached hydrogen (secondary N) is 1. The molecule has 1 aromatic heterocycles. The number of nitrogens with zero attached hydrogens (tertiary/aromatic N) is 1. The molecule has 1 saturated heterocycles. The average Bonchev–Trinajstić information content (AvgIpc) is 2.74. The lowest BCUT2D eigenvalue weighted by atomic mass is 9.94. The van der Waals surface area contributed by atoms with E-state index in [1.807, 2.05) is 0 Å². The van der Waals surface area contributed by atoms with Crippen LogP contribution in [0.4, 0.5) is 0 Å². The van der Waals surface area contributed by atoms with Crippen molar-refractivity contribution in [2.75, 3.05) is 13.1 Å². The highest BCUT2D eigenvalue weighted by Gasteiger charge is 2.46. The summed E-state index contributed by atoms with van der Waals surface area (Å²) in [6.45, 7) is 1.86. The lowest BCUT2D eigenvalue weighted by molar-refractivity contribution is -0.0613. The SMILES string of the molecule is CCC1(O)CN(S(=O)(=O)c2c[nH]c(C(=O)O)c2)C1. The number of carboxylic acid groups (broad SMARTS) is 1. The van der Waals surface area contributed by atoms with Gasteiger partial charge in [-0.2, -0.15) is 4.31 Å². The van der Waals surface area contributed by atoms with E-state index in [-0.39, 0.29) is 23.7 Å². The van der Waals surface area contributed by atoms with Crippen LogP contribution in [-0.2, 0) is 10.0 Å². The van der Waals surface area contributed by atoms with E-state index in [0.717, 1.165) is 16.6 Å². The van der Waals surface area contributed by atoms with Gasteiger partial charge in [0.05, 0.1) is 5.60 Å². The first-order chi connectivity index (χ1) is 8.28. The minimum Gasteiger partial charge on any atom is -0.477 e. The quantitative estimate of drug-likeness (QED) is 0.707. The van der Waals surface area contributed by atoms with Crippen molar-refractivity contribution >= 4 is 16.0 Å². The second-order valence-electron chi connectivity index (χ2n) is 4.41. The van der Waals surface area contributed by atoms with E-state index in [2.05, 4.69) is 4.98 Å². The monoisotopic (exact) mass is 274 g/mol. The van der Waals surface area contributed by atoms with E-state index in [0.29, 0.717) is 6.42 Å². The zero-order chi connectivity index (χ0) is 13.6. The first-order valence-corrected chi connectivity index (χ1v) is 6.87. The minimum absolute atomic E-state index is 0.0411. The van der Waals surface area contributed by atoms with Crippen molar-refractivity contribution in [3.63, 3.8) is 0 Å². The van der Waals surface area contributed by atoms with Gasteiger partial charge in [0, 0.05) is 19.3 Å². The molecule has 0 saturated carbocycles. The summed E-state index contributed by atoms with van der Waals surface area (Å²) in [4.78, 5) is 12.9. The van der Waals surface area contributed by atoms with Crippen LogP contribution in [0.1, 0.15) is 23.8 Å². The summed E-state index contributed by atoms with van der Waals surface area (Å²) in [5.74, 6) is -1.22. The fourth-order valence-electron chi connectivity index (χ4n) is 1.80. The number of carboxylic acids is 1. The van der Waals surface area contributed by atoms with Crippen molar-refractivity contribution in [2.45, 2.75) is 23.8 Å². The fourth-order valence-corrected chi connectivity index (χ4v) is 3.39. The minimum atomic E-state index is -3.72. The van der Waals surface area contributed by atoms with Gasteiger partial charge in [0.1, 0.15) is 10.6 Å². The Bertz CT molecular complexity index is 571. The summed E-state index contributed by atoms with van der Waals surface area (Å²) in [7, 11) is -3.72. The third-order valence-corrected chi connectivity index (χ3v) is 4.89. The molecule has 3 N–H and O–H groups in total. The summed E-state index contributed by atoms with van der Waals surface area (Å²) in [6.07, 6.45) is 1.62. The second kappa shape index (κ2) is 4.08. The number of rotatable bonds is 4. The predicted molar refractivity (Wildman–Crippen MR) is 61.8 cm³/mol. The summed E-state index contributed by atoms with van der Waals surface area (Å²) >= 11 is 0. The molecule has 18 heavy (non-hydrogen) atoms. The maximum Gasteiger partial charge on any atom is 0.352 e. The van der Waals surface area contributed by atoms with E-state index >= 15 is 0 Å². The number of β-amino-alcohol motifs (C(OH)–C–C–N with tert-alkyl or cyclic N) is 1. The molecular formula is C10H14N2O5S. The van der Waals surface area contributed by atoms with Gasteiger partial charge < -0.3 is 15.2 Å². The molecule has 0 amide bonds. The zero-order valence-corrected chi connectivity index (χ0v) is 10.6. The molecule has 0 unspecified atom stereocenters. The predicted octanol–water partition coefficient (Wildman–Crippen LogP) is -0.142. The van der Waals surface area contributed by atoms with Gasteiger partial charge in [-0.15, -0.1) is 0 Å². The van der Waals surface area contributed by atoms with Crippen molar-refractivity contribution in [3.8, 4) is 0 Å². The molecule has 0 aliphatic carbocycles. The Morgan fingerprint density at radius 3 is 2.61 bits per heavy atom. The molecule has 0 bridgehead atoms. The van der Waals surface area contributed by atoms with Gasteiger partial charge in [0.2, 0.25) is 10.0 Å². The van der Waals surface area contributed by atoms with Gasteiger partial charge in [0.15, 0.2) is 0 Å². The number of aromatic carboxylic acids is 1. The van der Waals surface area contributed by atoms with Gasteiger partial charge in [-0.3, -0.25) is 0 Å². The van der Waals surface area contributed by atoms with Crippen LogP contribution < -0.4 is 0 Å². The van der Waals surface area contributed by atoms with Crippen LogP contribution in [0.3, 0.4) is 0 Å². The summed E-state index contributed by atoms with van der Waals surface area (Å²) in [5, 5.41) is 18.5. The number of sulfonamides is 1. The molecule has 0 spiro atoms. The largest absolute Gasteiger partial charge is 0.477 e. The molecule has 8 heteroatoms. The highest BCUT2D eigenvalue weighted by Crippen LogP contribution is 2.30. The average molecular weight is 274 g/mol. The summed E-state index contributed by atoms with van der Waals surface area (Å²) in [6, 6.07) is 1.07. The van der Waals surface area contributed by atoms with Crippen molar-refractivity contribution < 1.29 is 23.4 Å². The van der Waals surface area contributed by atoms with Gasteiger partial charge in [-0.1, -0.05) is 6.92 Å². The highest BCUT2D eigenvalue weighted by atomic mass is 32.2. The van der Waals surface area contributed by atoms with E-state index in [1.165, 1.54) is 0 Å². The van der Waals surface area contributed by atoms with E-state index in [9.17, 15) is 18.3 Å². The zero-order valence-electron chi connectivity index (χ0n) is 9.75. The standard InChI is InChI=1S/C10H14N2O5S/c1-2-10(15)5-12(6-10)18(16,17)7-3-8(9(13)14)11-4-7/h3-4,11,15H,2,5-6H2,1H3,(H,13,14). The number of hydrogen-bond acceptors (Lipinski definition) is 4. The molecular weight excluding hydrogens is 260 g/mol. The van der Waals surface area contributed by atoms with Crippen molar-refractivity contribution in [3.05, 3.63) is 18.0 Å². The first kappa shape index (κ1) is 13.1. The van der Waals surface area contributed by atoms with Crippen LogP contribution >= 0.6 is 0 Å². The van der Waals surface area contributed by atoms with Crippen LogP contribution in [0.2, 0.25) is 0 Å². The van der Waals surface area contributed by atoms with Gasteiger partial charge in [0.25, 0.3) is 0 Å². The lowest BCUT2D eigenvalue weighted by Gasteiger charge is -2.44. The van der Waals surface area contributed by atoms with Gasteiger partial charge in [-0.05, 0) is 12.5 Å². The van der Waals surface area contributed by atoms with Crippen LogP contribution in [-0.4, -0.2) is 52.6 Å². The van der Waals surface area contributed by atoms with Gasteiger partial charge in [-0.25, -0.2) is 13.2 Å². The van der Waals surface area contributed by atoms with E-state index in [1.54, 1.807) is 6.92 Å². The van der Waals surface area contributed by atoms with E-state index < -0.39 is 21.6 Å². The molecule has 0 radical (unpaired) electrons. The molecule has 1 aromatic rings. The Kier molecular flexibility index (Phi) is 2.96. The van der Waals surface area contributed by atoms with Crippen molar-refractivity contribution in [2.24, 2.45) is 0 Å². The molecule has 100 valence electrons.